The zero-order chi connectivity index (χ0) is 16.7. The van der Waals surface area contributed by atoms with Gasteiger partial charge in [0, 0.05) is 25.9 Å². The molecule has 2 N–H and O–H groups in total. The second-order valence-electron chi connectivity index (χ2n) is 5.90. The third-order valence-corrected chi connectivity index (χ3v) is 5.12. The van der Waals surface area contributed by atoms with E-state index >= 15 is 0 Å². The zero-order valence-electron chi connectivity index (χ0n) is 14.6. The van der Waals surface area contributed by atoms with Crippen molar-refractivity contribution in [3.63, 3.8) is 0 Å². The van der Waals surface area contributed by atoms with Gasteiger partial charge >= 0.3 is 0 Å². The number of aliphatic hydroxyl groups is 1. The molecule has 1 heterocycles. The van der Waals surface area contributed by atoms with Crippen molar-refractivity contribution < 1.29 is 9.84 Å². The Morgan fingerprint density at radius 1 is 1.42 bits per heavy atom. The number of hydrogen-bond donors (Lipinski definition) is 2. The van der Waals surface area contributed by atoms with Crippen molar-refractivity contribution in [2.75, 3.05) is 38.8 Å². The van der Waals surface area contributed by atoms with E-state index in [0.717, 1.165) is 42.7 Å². The van der Waals surface area contributed by atoms with Crippen molar-refractivity contribution in [3.05, 3.63) is 29.8 Å². The molecule has 1 aromatic carbocycles. The highest BCUT2D eigenvalue weighted by Crippen LogP contribution is 2.27. The second-order valence-corrected chi connectivity index (χ2v) is 7.01. The Balaban J connectivity index is 0.00000288. The van der Waals surface area contributed by atoms with Crippen LogP contribution in [0, 0.1) is 0 Å². The maximum Gasteiger partial charge on any atom is 0.194 e. The van der Waals surface area contributed by atoms with Crippen LogP contribution < -0.4 is 10.1 Å². The van der Waals surface area contributed by atoms with E-state index in [1.807, 2.05) is 19.2 Å². The summed E-state index contributed by atoms with van der Waals surface area (Å²) in [5.41, 5.74) is 0.542. The van der Waals surface area contributed by atoms with Gasteiger partial charge in [0.05, 0.1) is 19.3 Å². The fourth-order valence-corrected chi connectivity index (χ4v) is 3.78. The molecule has 2 rings (SSSR count). The first-order valence-electron chi connectivity index (χ1n) is 7.99. The average Bonchev–Trinajstić information content (AvgIpc) is 2.99. The van der Waals surface area contributed by atoms with Crippen molar-refractivity contribution in [1.82, 2.24) is 10.2 Å². The van der Waals surface area contributed by atoms with Gasteiger partial charge < -0.3 is 20.1 Å². The van der Waals surface area contributed by atoms with Crippen LogP contribution in [0.2, 0.25) is 0 Å². The van der Waals surface area contributed by atoms with Gasteiger partial charge in [0.2, 0.25) is 0 Å². The quantitative estimate of drug-likeness (QED) is 0.384. The number of nitrogens with one attached hydrogen (secondary N) is 1. The van der Waals surface area contributed by atoms with Gasteiger partial charge in [-0.1, -0.05) is 12.1 Å². The lowest BCUT2D eigenvalue weighted by molar-refractivity contribution is 0.0776. The summed E-state index contributed by atoms with van der Waals surface area (Å²) in [7, 11) is 3.68. The van der Waals surface area contributed by atoms with E-state index < -0.39 is 5.60 Å². The maximum absolute atomic E-state index is 10.4. The molecular formula is C17H28IN3O2S. The molecule has 5 nitrogen and oxygen atoms in total. The fourth-order valence-electron chi connectivity index (χ4n) is 2.49. The molecule has 1 atom stereocenters. The third-order valence-electron chi connectivity index (χ3n) is 3.88. The van der Waals surface area contributed by atoms with Gasteiger partial charge in [-0.3, -0.25) is 4.99 Å². The van der Waals surface area contributed by atoms with E-state index in [1.54, 1.807) is 18.9 Å². The minimum atomic E-state index is -0.647. The number of methoxy groups -OCH3 is 1. The monoisotopic (exact) mass is 465 g/mol. The standard InChI is InChI=1S/C17H27N3O2S.HI/c1-4-18-16(19-12-17(21)9-10-23-13-17)20(2)11-14-5-7-15(22-3)8-6-14;/h5-8,21H,4,9-13H2,1-3H3,(H,18,19);1H. The Morgan fingerprint density at radius 3 is 2.67 bits per heavy atom. The number of nitrogens with zero attached hydrogens (tertiary/aromatic N) is 2. The van der Waals surface area contributed by atoms with Crippen molar-refractivity contribution in [3.8, 4) is 5.75 Å². The van der Waals surface area contributed by atoms with Crippen molar-refractivity contribution in [2.45, 2.75) is 25.5 Å². The second kappa shape index (κ2) is 10.4. The molecule has 0 spiro atoms. The number of benzene rings is 1. The van der Waals surface area contributed by atoms with Crippen LogP contribution in [0.15, 0.2) is 29.3 Å². The highest BCUT2D eigenvalue weighted by Gasteiger charge is 2.31. The Bertz CT molecular complexity index is 519. The molecule has 1 aromatic rings. The van der Waals surface area contributed by atoms with E-state index in [0.29, 0.717) is 6.54 Å². The van der Waals surface area contributed by atoms with Crippen LogP contribution in [-0.4, -0.2) is 60.3 Å². The Kier molecular flexibility index (Phi) is 9.22. The summed E-state index contributed by atoms with van der Waals surface area (Å²) in [6.45, 7) is 4.06. The topological polar surface area (TPSA) is 57.1 Å². The van der Waals surface area contributed by atoms with E-state index in [-0.39, 0.29) is 24.0 Å². The molecule has 136 valence electrons. The average molecular weight is 465 g/mol. The van der Waals surface area contributed by atoms with Gasteiger partial charge in [-0.2, -0.15) is 11.8 Å². The Hall–Kier alpha value is -0.670. The lowest BCUT2D eigenvalue weighted by atomic mass is 10.0. The van der Waals surface area contributed by atoms with Gasteiger partial charge in [-0.05, 0) is 36.8 Å². The molecule has 0 saturated carbocycles. The number of halogens is 1. The van der Waals surface area contributed by atoms with E-state index in [1.165, 1.54) is 5.56 Å². The summed E-state index contributed by atoms with van der Waals surface area (Å²) >= 11 is 1.80. The summed E-state index contributed by atoms with van der Waals surface area (Å²) < 4.78 is 5.19. The molecule has 7 heteroatoms. The molecule has 1 aliphatic heterocycles. The van der Waals surface area contributed by atoms with Gasteiger partial charge in [0.1, 0.15) is 5.75 Å². The van der Waals surface area contributed by atoms with Gasteiger partial charge in [-0.15, -0.1) is 24.0 Å². The largest absolute Gasteiger partial charge is 0.497 e. The van der Waals surface area contributed by atoms with Crippen molar-refractivity contribution in [1.29, 1.82) is 0 Å². The molecule has 1 fully saturated rings. The van der Waals surface area contributed by atoms with Crippen LogP contribution in [0.1, 0.15) is 18.9 Å². The number of rotatable bonds is 6. The Morgan fingerprint density at radius 2 is 2.12 bits per heavy atom. The molecule has 1 saturated heterocycles. The summed E-state index contributed by atoms with van der Waals surface area (Å²) in [6.07, 6.45) is 0.822. The SMILES string of the molecule is CCNC(=NCC1(O)CCSC1)N(C)Cc1ccc(OC)cc1.I. The molecular weight excluding hydrogens is 437 g/mol. The van der Waals surface area contributed by atoms with E-state index in [4.69, 9.17) is 4.74 Å². The highest BCUT2D eigenvalue weighted by atomic mass is 127. The number of hydrogen-bond acceptors (Lipinski definition) is 4. The first-order valence-corrected chi connectivity index (χ1v) is 9.14. The summed E-state index contributed by atoms with van der Waals surface area (Å²) in [5, 5.41) is 13.7. The minimum Gasteiger partial charge on any atom is -0.497 e. The molecule has 0 radical (unpaired) electrons. The van der Waals surface area contributed by atoms with Gasteiger partial charge in [0.25, 0.3) is 0 Å². The van der Waals surface area contributed by atoms with Crippen LogP contribution >= 0.6 is 35.7 Å². The zero-order valence-corrected chi connectivity index (χ0v) is 17.8. The first kappa shape index (κ1) is 21.4. The number of guanidine groups is 1. The highest BCUT2D eigenvalue weighted by molar-refractivity contribution is 14.0. The number of aliphatic imine (C=N–C) groups is 1. The van der Waals surface area contributed by atoms with Crippen molar-refractivity contribution in [2.24, 2.45) is 4.99 Å². The molecule has 24 heavy (non-hydrogen) atoms. The fraction of sp³-hybridized carbons (Fsp3) is 0.588. The lowest BCUT2D eigenvalue weighted by Gasteiger charge is -2.24. The predicted octanol–water partition coefficient (Wildman–Crippen LogP) is 2.58. The normalized spacial score (nSPS) is 20.4. The third kappa shape index (κ3) is 6.33. The van der Waals surface area contributed by atoms with Crippen LogP contribution in [0.5, 0.6) is 5.75 Å². The minimum absolute atomic E-state index is 0. The van der Waals surface area contributed by atoms with Gasteiger partial charge in [0.15, 0.2) is 5.96 Å². The van der Waals surface area contributed by atoms with Crippen LogP contribution in [-0.2, 0) is 6.54 Å². The molecule has 1 unspecified atom stereocenters. The number of ether oxygens (including phenoxy) is 1. The van der Waals surface area contributed by atoms with Gasteiger partial charge in [-0.25, -0.2) is 0 Å². The summed E-state index contributed by atoms with van der Waals surface area (Å²) in [4.78, 5) is 6.72. The molecule has 0 bridgehead atoms. The first-order chi connectivity index (χ1) is 11.1. The Labute approximate surface area is 166 Å². The molecule has 1 aliphatic rings. The summed E-state index contributed by atoms with van der Waals surface area (Å²) in [6, 6.07) is 8.04. The molecule has 0 aliphatic carbocycles. The van der Waals surface area contributed by atoms with Crippen LogP contribution in [0.25, 0.3) is 0 Å². The van der Waals surface area contributed by atoms with E-state index in [2.05, 4.69) is 34.3 Å². The van der Waals surface area contributed by atoms with E-state index in [9.17, 15) is 5.11 Å². The summed E-state index contributed by atoms with van der Waals surface area (Å²) in [5.74, 6) is 3.48. The lowest BCUT2D eigenvalue weighted by Crippen LogP contribution is -2.41. The molecule has 0 aromatic heterocycles. The smallest absolute Gasteiger partial charge is 0.194 e. The predicted molar refractivity (Wildman–Crippen MR) is 113 cm³/mol. The maximum atomic E-state index is 10.4. The van der Waals surface area contributed by atoms with Crippen LogP contribution in [0.4, 0.5) is 0 Å². The number of thioether (sulfide) groups is 1. The van der Waals surface area contributed by atoms with Crippen LogP contribution in [0.3, 0.4) is 0 Å². The molecule has 0 amide bonds. The van der Waals surface area contributed by atoms with Crippen molar-refractivity contribution >= 4 is 41.7 Å².